The molecule has 0 aliphatic heterocycles. The lowest BCUT2D eigenvalue weighted by molar-refractivity contribution is 0.573. The molecule has 0 amide bonds. The molecule has 2 nitrogen and oxygen atoms in total. The number of rotatable bonds is 3. The van der Waals surface area contributed by atoms with E-state index in [4.69, 9.17) is 0 Å². The zero-order chi connectivity index (χ0) is 10.2. The van der Waals surface area contributed by atoms with E-state index < -0.39 is 14.6 Å². The molecule has 1 aliphatic carbocycles. The molecule has 76 valence electrons. The van der Waals surface area contributed by atoms with Crippen molar-refractivity contribution in [1.29, 1.82) is 0 Å². The Hall–Kier alpha value is -0.830. The van der Waals surface area contributed by atoms with Crippen LogP contribution in [0.3, 0.4) is 0 Å². The average Bonchev–Trinajstić information content (AvgIpc) is 3.00. The normalized spacial score (nSPS) is 19.2. The number of benzene rings is 1. The van der Waals surface area contributed by atoms with Crippen molar-refractivity contribution in [3.8, 4) is 0 Å². The van der Waals surface area contributed by atoms with E-state index in [1.54, 1.807) is 24.3 Å². The van der Waals surface area contributed by atoms with Crippen LogP contribution in [-0.4, -0.2) is 13.2 Å². The lowest BCUT2D eigenvalue weighted by Crippen LogP contribution is -2.22. The van der Waals surface area contributed by atoms with E-state index in [-0.39, 0.29) is 0 Å². The molecule has 0 spiro atoms. The van der Waals surface area contributed by atoms with Gasteiger partial charge in [0.15, 0.2) is 9.84 Å². The second-order valence-electron chi connectivity index (χ2n) is 3.85. The molecule has 3 heteroatoms. The summed E-state index contributed by atoms with van der Waals surface area (Å²) in [6.07, 6.45) is 2.37. The van der Waals surface area contributed by atoms with Crippen molar-refractivity contribution >= 4 is 9.84 Å². The fourth-order valence-corrected chi connectivity index (χ4v) is 3.84. The van der Waals surface area contributed by atoms with E-state index in [0.29, 0.717) is 4.90 Å². The zero-order valence-corrected chi connectivity index (χ0v) is 9.05. The Morgan fingerprint density at radius 3 is 2.21 bits per heavy atom. The molecule has 0 radical (unpaired) electrons. The molecule has 0 bridgehead atoms. The van der Waals surface area contributed by atoms with Crippen molar-refractivity contribution in [2.75, 3.05) is 0 Å². The summed E-state index contributed by atoms with van der Waals surface area (Å²) in [4.78, 5) is 0.472. The van der Waals surface area contributed by atoms with Crippen LogP contribution >= 0.6 is 0 Å². The van der Waals surface area contributed by atoms with Gasteiger partial charge in [0.1, 0.15) is 0 Å². The number of hydrogen-bond acceptors (Lipinski definition) is 2. The fourth-order valence-electron chi connectivity index (χ4n) is 1.80. The molecule has 0 atom stereocenters. The third-order valence-corrected chi connectivity index (χ3v) is 5.81. The fraction of sp³-hybridized carbons (Fsp3) is 0.455. The maximum atomic E-state index is 12.1. The van der Waals surface area contributed by atoms with Gasteiger partial charge in [0.25, 0.3) is 0 Å². The van der Waals surface area contributed by atoms with Gasteiger partial charge in [0, 0.05) is 0 Å². The van der Waals surface area contributed by atoms with Crippen LogP contribution < -0.4 is 0 Å². The van der Waals surface area contributed by atoms with Crippen LogP contribution in [0.5, 0.6) is 0 Å². The molecule has 0 N–H and O–H groups in total. The van der Waals surface area contributed by atoms with Crippen LogP contribution in [0.2, 0.25) is 0 Å². The summed E-state index contributed by atoms with van der Waals surface area (Å²) in [5, 5.41) is 0. The minimum atomic E-state index is -3.08. The second-order valence-corrected chi connectivity index (χ2v) is 6.20. The SMILES string of the molecule is CCC1(S(=O)(=O)c2ccccc2)CC1. The molecular formula is C11H14O2S. The molecule has 2 rings (SSSR count). The van der Waals surface area contributed by atoms with Gasteiger partial charge < -0.3 is 0 Å². The number of sulfone groups is 1. The summed E-state index contributed by atoms with van der Waals surface area (Å²) in [5.74, 6) is 0. The van der Waals surface area contributed by atoms with Gasteiger partial charge in [-0.1, -0.05) is 25.1 Å². The predicted octanol–water partition coefficient (Wildman–Crippen LogP) is 2.40. The Kier molecular flexibility index (Phi) is 2.14. The Bertz CT molecular complexity index is 416. The van der Waals surface area contributed by atoms with Crippen LogP contribution in [0, 0.1) is 0 Å². The third-order valence-electron chi connectivity index (χ3n) is 3.08. The standard InChI is InChI=1S/C11H14O2S/c1-2-11(8-9-11)14(12,13)10-6-4-3-5-7-10/h3-7H,2,8-9H2,1H3. The van der Waals surface area contributed by atoms with Gasteiger partial charge in [0.2, 0.25) is 0 Å². The van der Waals surface area contributed by atoms with Gasteiger partial charge in [-0.2, -0.15) is 0 Å². The Morgan fingerprint density at radius 1 is 1.21 bits per heavy atom. The van der Waals surface area contributed by atoms with Gasteiger partial charge in [-0.05, 0) is 31.4 Å². The first kappa shape index (κ1) is 9.71. The third kappa shape index (κ3) is 1.27. The molecule has 1 aromatic carbocycles. The topological polar surface area (TPSA) is 34.1 Å². The highest BCUT2D eigenvalue weighted by atomic mass is 32.2. The van der Waals surface area contributed by atoms with Gasteiger partial charge in [0.05, 0.1) is 9.64 Å². The minimum Gasteiger partial charge on any atom is -0.223 e. The minimum absolute atomic E-state index is 0.436. The quantitative estimate of drug-likeness (QED) is 0.767. The van der Waals surface area contributed by atoms with E-state index in [0.717, 1.165) is 19.3 Å². The van der Waals surface area contributed by atoms with Gasteiger partial charge in [-0.15, -0.1) is 0 Å². The molecule has 1 fully saturated rings. The highest BCUT2D eigenvalue weighted by Gasteiger charge is 2.53. The molecule has 0 saturated heterocycles. The van der Waals surface area contributed by atoms with Crippen LogP contribution in [0.15, 0.2) is 35.2 Å². The van der Waals surface area contributed by atoms with E-state index >= 15 is 0 Å². The van der Waals surface area contributed by atoms with E-state index in [2.05, 4.69) is 0 Å². The van der Waals surface area contributed by atoms with Crippen molar-refractivity contribution < 1.29 is 8.42 Å². The summed E-state index contributed by atoms with van der Waals surface area (Å²) >= 11 is 0. The maximum Gasteiger partial charge on any atom is 0.184 e. The Labute approximate surface area is 84.9 Å². The molecular weight excluding hydrogens is 196 g/mol. The van der Waals surface area contributed by atoms with Crippen LogP contribution in [0.1, 0.15) is 26.2 Å². The highest BCUT2D eigenvalue weighted by Crippen LogP contribution is 2.49. The monoisotopic (exact) mass is 210 g/mol. The predicted molar refractivity (Wildman–Crippen MR) is 55.9 cm³/mol. The van der Waals surface area contributed by atoms with E-state index in [1.807, 2.05) is 13.0 Å². The lowest BCUT2D eigenvalue weighted by Gasteiger charge is -2.13. The van der Waals surface area contributed by atoms with Crippen LogP contribution in [0.4, 0.5) is 0 Å². The molecule has 1 aliphatic rings. The molecule has 1 aromatic rings. The first-order chi connectivity index (χ1) is 6.62. The zero-order valence-electron chi connectivity index (χ0n) is 8.23. The average molecular weight is 210 g/mol. The summed E-state index contributed by atoms with van der Waals surface area (Å²) in [6.45, 7) is 1.95. The van der Waals surface area contributed by atoms with Crippen molar-refractivity contribution in [2.24, 2.45) is 0 Å². The maximum absolute atomic E-state index is 12.1. The molecule has 1 saturated carbocycles. The lowest BCUT2D eigenvalue weighted by atomic mass is 10.3. The first-order valence-corrected chi connectivity index (χ1v) is 6.40. The molecule has 0 unspecified atom stereocenters. The van der Waals surface area contributed by atoms with Crippen molar-refractivity contribution in [1.82, 2.24) is 0 Å². The largest absolute Gasteiger partial charge is 0.223 e. The van der Waals surface area contributed by atoms with Crippen LogP contribution in [0.25, 0.3) is 0 Å². The van der Waals surface area contributed by atoms with Gasteiger partial charge >= 0.3 is 0 Å². The summed E-state index contributed by atoms with van der Waals surface area (Å²) in [7, 11) is -3.08. The summed E-state index contributed by atoms with van der Waals surface area (Å²) < 4.78 is 23.9. The summed E-state index contributed by atoms with van der Waals surface area (Å²) in [5.41, 5.74) is 0. The van der Waals surface area contributed by atoms with Crippen molar-refractivity contribution in [3.05, 3.63) is 30.3 Å². The van der Waals surface area contributed by atoms with Crippen LogP contribution in [-0.2, 0) is 9.84 Å². The summed E-state index contributed by atoms with van der Waals surface area (Å²) in [6, 6.07) is 8.76. The molecule has 14 heavy (non-hydrogen) atoms. The second kappa shape index (κ2) is 3.09. The van der Waals surface area contributed by atoms with E-state index in [1.165, 1.54) is 0 Å². The van der Waals surface area contributed by atoms with Gasteiger partial charge in [-0.3, -0.25) is 0 Å². The molecule has 0 heterocycles. The Morgan fingerprint density at radius 2 is 1.79 bits per heavy atom. The highest BCUT2D eigenvalue weighted by molar-refractivity contribution is 7.93. The smallest absolute Gasteiger partial charge is 0.184 e. The van der Waals surface area contributed by atoms with Gasteiger partial charge in [-0.25, -0.2) is 8.42 Å². The number of hydrogen-bond donors (Lipinski definition) is 0. The first-order valence-electron chi connectivity index (χ1n) is 4.92. The Balaban J connectivity index is 2.44. The van der Waals surface area contributed by atoms with E-state index in [9.17, 15) is 8.42 Å². The van der Waals surface area contributed by atoms with Crippen molar-refractivity contribution in [3.63, 3.8) is 0 Å². The molecule has 0 aromatic heterocycles. The van der Waals surface area contributed by atoms with Crippen molar-refractivity contribution in [2.45, 2.75) is 35.8 Å².